The van der Waals surface area contributed by atoms with Crippen molar-refractivity contribution in [1.29, 1.82) is 0 Å². The maximum absolute atomic E-state index is 10.7. The van der Waals surface area contributed by atoms with Crippen molar-refractivity contribution in [2.45, 2.75) is 6.92 Å². The van der Waals surface area contributed by atoms with Gasteiger partial charge in [0.2, 0.25) is 5.82 Å². The zero-order valence-corrected chi connectivity index (χ0v) is 8.91. The van der Waals surface area contributed by atoms with Gasteiger partial charge in [-0.1, -0.05) is 17.0 Å². The number of hydrogen-bond donors (Lipinski definition) is 1. The molecule has 1 heterocycles. The average molecular weight is 232 g/mol. The average Bonchev–Trinajstić information content (AvgIpc) is 2.26. The second kappa shape index (κ2) is 5.34. The summed E-state index contributed by atoms with van der Waals surface area (Å²) in [6.07, 6.45) is 1.35. The summed E-state index contributed by atoms with van der Waals surface area (Å²) in [5.74, 6) is 5.04. The highest BCUT2D eigenvalue weighted by Gasteiger charge is 2.18. The van der Waals surface area contributed by atoms with Gasteiger partial charge in [0.1, 0.15) is 0 Å². The van der Waals surface area contributed by atoms with Crippen molar-refractivity contribution in [2.24, 2.45) is 5.11 Å². The SMILES string of the molecule is Cc1c(C#CCN=[N+]=[N-])cnc(N)c1[N+](=O)[O-]. The molecule has 0 radical (unpaired) electrons. The normalized spacial score (nSPS) is 8.76. The molecule has 0 saturated carbocycles. The van der Waals surface area contributed by atoms with E-state index in [9.17, 15) is 10.1 Å². The topological polar surface area (TPSA) is 131 Å². The van der Waals surface area contributed by atoms with E-state index in [4.69, 9.17) is 11.3 Å². The Morgan fingerprint density at radius 1 is 1.76 bits per heavy atom. The first-order valence-corrected chi connectivity index (χ1v) is 4.47. The lowest BCUT2D eigenvalue weighted by Crippen LogP contribution is -2.02. The number of azide groups is 1. The standard InChI is InChI=1S/C9H8N6O2/c1-6-7(3-2-4-13-14-11)5-12-9(10)8(6)15(16)17/h5H,4H2,1H3,(H2,10,12). The maximum atomic E-state index is 10.7. The van der Waals surface area contributed by atoms with Crippen LogP contribution in [0.2, 0.25) is 0 Å². The van der Waals surface area contributed by atoms with Gasteiger partial charge in [-0.3, -0.25) is 10.1 Å². The van der Waals surface area contributed by atoms with Crippen molar-refractivity contribution in [3.8, 4) is 11.8 Å². The minimum atomic E-state index is -0.601. The van der Waals surface area contributed by atoms with E-state index in [1.165, 1.54) is 13.1 Å². The zero-order chi connectivity index (χ0) is 12.8. The minimum Gasteiger partial charge on any atom is -0.378 e. The second-order valence-corrected chi connectivity index (χ2v) is 2.98. The molecule has 1 aromatic rings. The number of hydrogen-bond acceptors (Lipinski definition) is 5. The highest BCUT2D eigenvalue weighted by molar-refractivity contribution is 5.62. The lowest BCUT2D eigenvalue weighted by atomic mass is 10.1. The van der Waals surface area contributed by atoms with E-state index in [0.717, 1.165) is 0 Å². The number of aromatic nitrogens is 1. The summed E-state index contributed by atoms with van der Waals surface area (Å²) in [6.45, 7) is 1.53. The molecule has 0 atom stereocenters. The summed E-state index contributed by atoms with van der Waals surface area (Å²) < 4.78 is 0. The Labute approximate surface area is 96.2 Å². The van der Waals surface area contributed by atoms with E-state index in [0.29, 0.717) is 11.1 Å². The Morgan fingerprint density at radius 3 is 3.06 bits per heavy atom. The van der Waals surface area contributed by atoms with Gasteiger partial charge < -0.3 is 5.73 Å². The summed E-state index contributed by atoms with van der Waals surface area (Å²) in [5.41, 5.74) is 13.9. The van der Waals surface area contributed by atoms with Crippen LogP contribution in [0.5, 0.6) is 0 Å². The fourth-order valence-electron chi connectivity index (χ4n) is 1.17. The van der Waals surface area contributed by atoms with Gasteiger partial charge in [0.05, 0.1) is 17.0 Å². The van der Waals surface area contributed by atoms with E-state index >= 15 is 0 Å². The molecule has 0 fully saturated rings. The second-order valence-electron chi connectivity index (χ2n) is 2.98. The Morgan fingerprint density at radius 2 is 2.47 bits per heavy atom. The van der Waals surface area contributed by atoms with Gasteiger partial charge in [0.25, 0.3) is 0 Å². The first-order valence-electron chi connectivity index (χ1n) is 4.47. The van der Waals surface area contributed by atoms with E-state index in [1.807, 2.05) is 0 Å². The van der Waals surface area contributed by atoms with Crippen LogP contribution in [0.25, 0.3) is 10.4 Å². The zero-order valence-electron chi connectivity index (χ0n) is 8.91. The molecule has 8 nitrogen and oxygen atoms in total. The van der Waals surface area contributed by atoms with Gasteiger partial charge in [0.15, 0.2) is 0 Å². The third kappa shape index (κ3) is 2.84. The van der Waals surface area contributed by atoms with Gasteiger partial charge in [-0.05, 0) is 12.5 Å². The van der Waals surface area contributed by atoms with Gasteiger partial charge >= 0.3 is 5.69 Å². The Kier molecular flexibility index (Phi) is 3.86. The number of nitrogens with two attached hydrogens (primary N) is 1. The fourth-order valence-corrected chi connectivity index (χ4v) is 1.17. The summed E-state index contributed by atoms with van der Waals surface area (Å²) in [7, 11) is 0. The highest BCUT2D eigenvalue weighted by Crippen LogP contribution is 2.25. The summed E-state index contributed by atoms with van der Waals surface area (Å²) >= 11 is 0. The van der Waals surface area contributed by atoms with Crippen LogP contribution >= 0.6 is 0 Å². The van der Waals surface area contributed by atoms with Gasteiger partial charge in [0, 0.05) is 16.7 Å². The van der Waals surface area contributed by atoms with Crippen LogP contribution in [0, 0.1) is 28.9 Å². The molecule has 86 valence electrons. The van der Waals surface area contributed by atoms with Crippen molar-refractivity contribution >= 4 is 11.5 Å². The van der Waals surface area contributed by atoms with Gasteiger partial charge in [-0.15, -0.1) is 0 Å². The Balaban J connectivity index is 3.18. The number of nitrogen functional groups attached to an aromatic ring is 1. The predicted octanol–water partition coefficient (Wildman–Crippen LogP) is 1.54. The van der Waals surface area contributed by atoms with Crippen molar-refractivity contribution in [3.05, 3.63) is 37.9 Å². The molecule has 0 aliphatic heterocycles. The van der Waals surface area contributed by atoms with Crippen molar-refractivity contribution in [3.63, 3.8) is 0 Å². The smallest absolute Gasteiger partial charge is 0.315 e. The number of nitrogens with zero attached hydrogens (tertiary/aromatic N) is 5. The van der Waals surface area contributed by atoms with Crippen molar-refractivity contribution in [1.82, 2.24) is 4.98 Å². The van der Waals surface area contributed by atoms with Crippen LogP contribution in [0.1, 0.15) is 11.1 Å². The van der Waals surface area contributed by atoms with Crippen molar-refractivity contribution in [2.75, 3.05) is 12.3 Å². The first kappa shape index (κ1) is 12.3. The van der Waals surface area contributed by atoms with Crippen LogP contribution in [0.15, 0.2) is 11.3 Å². The van der Waals surface area contributed by atoms with Crippen LogP contribution in [0.4, 0.5) is 11.5 Å². The predicted molar refractivity (Wildman–Crippen MR) is 60.9 cm³/mol. The molecule has 0 spiro atoms. The molecular weight excluding hydrogens is 224 g/mol. The summed E-state index contributed by atoms with van der Waals surface area (Å²) in [4.78, 5) is 16.4. The molecule has 0 bridgehead atoms. The fraction of sp³-hybridized carbons (Fsp3) is 0.222. The molecule has 2 N–H and O–H groups in total. The molecule has 1 aromatic heterocycles. The number of nitro groups is 1. The monoisotopic (exact) mass is 232 g/mol. The lowest BCUT2D eigenvalue weighted by molar-refractivity contribution is -0.384. The van der Waals surface area contributed by atoms with E-state index in [2.05, 4.69) is 26.9 Å². The Bertz CT molecular complexity index is 565. The van der Waals surface area contributed by atoms with Crippen LogP contribution in [0.3, 0.4) is 0 Å². The molecule has 17 heavy (non-hydrogen) atoms. The third-order valence-electron chi connectivity index (χ3n) is 1.95. The summed E-state index contributed by atoms with van der Waals surface area (Å²) in [6, 6.07) is 0. The van der Waals surface area contributed by atoms with E-state index < -0.39 is 4.92 Å². The molecular formula is C9H8N6O2. The highest BCUT2D eigenvalue weighted by atomic mass is 16.6. The van der Waals surface area contributed by atoms with E-state index in [1.54, 1.807) is 0 Å². The molecule has 0 amide bonds. The molecule has 0 aliphatic carbocycles. The van der Waals surface area contributed by atoms with Gasteiger partial charge in [-0.25, -0.2) is 4.98 Å². The minimum absolute atomic E-state index is 0.00584. The molecule has 0 aromatic carbocycles. The lowest BCUT2D eigenvalue weighted by Gasteiger charge is -2.01. The van der Waals surface area contributed by atoms with Crippen LogP contribution in [-0.4, -0.2) is 16.5 Å². The molecule has 0 saturated heterocycles. The van der Waals surface area contributed by atoms with Crippen LogP contribution < -0.4 is 5.73 Å². The maximum Gasteiger partial charge on any atom is 0.315 e. The molecule has 0 aliphatic rings. The Hall–Kier alpha value is -2.78. The first-order chi connectivity index (χ1) is 8.07. The third-order valence-corrected chi connectivity index (χ3v) is 1.95. The number of anilines is 1. The van der Waals surface area contributed by atoms with E-state index in [-0.39, 0.29) is 18.1 Å². The quantitative estimate of drug-likeness (QED) is 0.207. The van der Waals surface area contributed by atoms with Crippen LogP contribution in [-0.2, 0) is 0 Å². The molecule has 0 unspecified atom stereocenters. The number of pyridine rings is 1. The van der Waals surface area contributed by atoms with Gasteiger partial charge in [-0.2, -0.15) is 0 Å². The van der Waals surface area contributed by atoms with Crippen molar-refractivity contribution < 1.29 is 4.92 Å². The largest absolute Gasteiger partial charge is 0.378 e. The molecule has 1 rings (SSSR count). The molecule has 8 heteroatoms. The number of rotatable bonds is 2. The summed E-state index contributed by atoms with van der Waals surface area (Å²) in [5, 5.41) is 14.0.